The zero-order valence-corrected chi connectivity index (χ0v) is 13.0. The van der Waals surface area contributed by atoms with Crippen LogP contribution in [0.1, 0.15) is 16.8 Å². The van der Waals surface area contributed by atoms with Crippen molar-refractivity contribution in [3.8, 4) is 5.75 Å². The molecule has 1 aromatic heterocycles. The lowest BCUT2D eigenvalue weighted by atomic mass is 10.1. The van der Waals surface area contributed by atoms with Gasteiger partial charge in [0.1, 0.15) is 18.2 Å². The lowest BCUT2D eigenvalue weighted by Crippen LogP contribution is -2.05. The first-order valence-electron chi connectivity index (χ1n) is 6.07. The maximum absolute atomic E-state index is 13.4. The quantitative estimate of drug-likeness (QED) is 0.612. The van der Waals surface area contributed by atoms with Crippen molar-refractivity contribution in [1.29, 1.82) is 0 Å². The van der Waals surface area contributed by atoms with Gasteiger partial charge in [-0.2, -0.15) is 0 Å². The zero-order valence-electron chi connectivity index (χ0n) is 11.4. The van der Waals surface area contributed by atoms with Crippen LogP contribution in [-0.2, 0) is 6.61 Å². The number of benzene rings is 1. The lowest BCUT2D eigenvalue weighted by Gasteiger charge is -2.09. The molecule has 0 saturated heterocycles. The molecule has 0 spiro atoms. The van der Waals surface area contributed by atoms with E-state index in [4.69, 9.17) is 4.74 Å². The third kappa shape index (κ3) is 3.36. The fourth-order valence-electron chi connectivity index (χ4n) is 1.91. The van der Waals surface area contributed by atoms with Gasteiger partial charge in [0.2, 0.25) is 0 Å². The second-order valence-electron chi connectivity index (χ2n) is 4.48. The number of nitro groups is 1. The molecule has 0 aliphatic rings. The van der Waals surface area contributed by atoms with Crippen LogP contribution in [0.2, 0.25) is 0 Å². The molecule has 110 valence electrons. The highest BCUT2D eigenvalue weighted by Crippen LogP contribution is 2.26. The number of pyridine rings is 1. The van der Waals surface area contributed by atoms with Crippen molar-refractivity contribution in [3.63, 3.8) is 0 Å². The highest BCUT2D eigenvalue weighted by molar-refractivity contribution is 9.10. The van der Waals surface area contributed by atoms with Gasteiger partial charge in [-0.3, -0.25) is 15.1 Å². The largest absolute Gasteiger partial charge is 0.487 e. The monoisotopic (exact) mass is 354 g/mol. The molecular formula is C14H12BrFN2O3. The first-order chi connectivity index (χ1) is 9.90. The number of halogens is 2. The van der Waals surface area contributed by atoms with Gasteiger partial charge in [0.05, 0.1) is 20.7 Å². The molecule has 0 aliphatic carbocycles. The Morgan fingerprint density at radius 2 is 2.14 bits per heavy atom. The number of aryl methyl sites for hydroxylation is 1. The molecule has 0 bridgehead atoms. The number of ether oxygens (including phenoxy) is 1. The summed E-state index contributed by atoms with van der Waals surface area (Å²) < 4.78 is 19.2. The van der Waals surface area contributed by atoms with Crippen LogP contribution in [0.4, 0.5) is 10.1 Å². The summed E-state index contributed by atoms with van der Waals surface area (Å²) in [7, 11) is 0. The molecule has 0 aliphatic heterocycles. The molecule has 0 saturated carbocycles. The Morgan fingerprint density at radius 3 is 2.76 bits per heavy atom. The van der Waals surface area contributed by atoms with Gasteiger partial charge in [-0.05, 0) is 41.9 Å². The fourth-order valence-corrected chi connectivity index (χ4v) is 2.16. The van der Waals surface area contributed by atoms with E-state index in [0.29, 0.717) is 27.0 Å². The fraction of sp³-hybridized carbons (Fsp3) is 0.214. The third-order valence-corrected chi connectivity index (χ3v) is 3.67. The van der Waals surface area contributed by atoms with Crippen molar-refractivity contribution < 1.29 is 14.1 Å². The smallest absolute Gasteiger partial charge is 0.278 e. The van der Waals surface area contributed by atoms with Crippen LogP contribution in [0.5, 0.6) is 5.75 Å². The van der Waals surface area contributed by atoms with Crippen LogP contribution in [0.15, 0.2) is 28.9 Å². The van der Waals surface area contributed by atoms with Crippen LogP contribution in [-0.4, -0.2) is 9.91 Å². The van der Waals surface area contributed by atoms with Crippen molar-refractivity contribution >= 4 is 21.6 Å². The van der Waals surface area contributed by atoms with Gasteiger partial charge in [0, 0.05) is 17.8 Å². The summed E-state index contributed by atoms with van der Waals surface area (Å²) in [5.74, 6) is -0.104. The van der Waals surface area contributed by atoms with E-state index in [1.807, 2.05) is 0 Å². The third-order valence-electron chi connectivity index (χ3n) is 3.02. The average Bonchev–Trinajstić information content (AvgIpc) is 2.41. The molecular weight excluding hydrogens is 343 g/mol. The highest BCUT2D eigenvalue weighted by atomic mass is 79.9. The molecule has 1 aromatic carbocycles. The number of aromatic nitrogens is 1. The van der Waals surface area contributed by atoms with E-state index in [1.165, 1.54) is 18.3 Å². The van der Waals surface area contributed by atoms with Gasteiger partial charge in [-0.1, -0.05) is 0 Å². The van der Waals surface area contributed by atoms with E-state index >= 15 is 0 Å². The Labute approximate surface area is 129 Å². The molecule has 21 heavy (non-hydrogen) atoms. The molecule has 0 unspecified atom stereocenters. The van der Waals surface area contributed by atoms with Gasteiger partial charge in [-0.15, -0.1) is 0 Å². The van der Waals surface area contributed by atoms with E-state index in [2.05, 4.69) is 20.9 Å². The lowest BCUT2D eigenvalue weighted by molar-refractivity contribution is -0.386. The van der Waals surface area contributed by atoms with Crippen molar-refractivity contribution in [2.24, 2.45) is 0 Å². The molecule has 0 fully saturated rings. The Morgan fingerprint density at radius 1 is 1.43 bits per heavy atom. The molecule has 0 radical (unpaired) electrons. The highest BCUT2D eigenvalue weighted by Gasteiger charge is 2.18. The summed E-state index contributed by atoms with van der Waals surface area (Å²) in [6.45, 7) is 3.29. The van der Waals surface area contributed by atoms with Crippen LogP contribution in [0, 0.1) is 29.8 Å². The summed E-state index contributed by atoms with van der Waals surface area (Å²) in [6, 6.07) is 4.37. The molecule has 2 aromatic rings. The topological polar surface area (TPSA) is 65.3 Å². The SMILES string of the molecule is Cc1cnc(COc2ccc(Br)c(F)c2)c(C)c1[N+](=O)[O-]. The number of nitrogens with zero attached hydrogens (tertiary/aromatic N) is 2. The van der Waals surface area contributed by atoms with E-state index < -0.39 is 10.7 Å². The molecule has 0 amide bonds. The maximum atomic E-state index is 13.4. The standard InChI is InChI=1S/C14H12BrFN2O3/c1-8-6-17-13(9(2)14(8)18(19)20)7-21-10-3-4-11(15)12(16)5-10/h3-6H,7H2,1-2H3. The Hall–Kier alpha value is -2.02. The van der Waals surface area contributed by atoms with Crippen molar-refractivity contribution in [2.75, 3.05) is 0 Å². The van der Waals surface area contributed by atoms with Crippen molar-refractivity contribution in [3.05, 3.63) is 61.6 Å². The van der Waals surface area contributed by atoms with E-state index in [0.717, 1.165) is 0 Å². The van der Waals surface area contributed by atoms with Gasteiger partial charge >= 0.3 is 0 Å². The normalized spacial score (nSPS) is 10.5. The van der Waals surface area contributed by atoms with Gasteiger partial charge in [0.15, 0.2) is 0 Å². The van der Waals surface area contributed by atoms with Gasteiger partial charge in [0.25, 0.3) is 5.69 Å². The predicted octanol–water partition coefficient (Wildman–Crippen LogP) is 4.09. The zero-order chi connectivity index (χ0) is 15.6. The molecule has 5 nitrogen and oxygen atoms in total. The minimum atomic E-state index is -0.438. The Kier molecular flexibility index (Phi) is 4.52. The van der Waals surface area contributed by atoms with Gasteiger partial charge in [-0.25, -0.2) is 4.39 Å². The first kappa shape index (κ1) is 15.4. The molecule has 1 heterocycles. The Bertz CT molecular complexity index is 707. The number of hydrogen-bond acceptors (Lipinski definition) is 4. The predicted molar refractivity (Wildman–Crippen MR) is 78.8 cm³/mol. The second kappa shape index (κ2) is 6.17. The minimum absolute atomic E-state index is 0.0330. The summed E-state index contributed by atoms with van der Waals surface area (Å²) in [5.41, 5.74) is 1.44. The van der Waals surface area contributed by atoms with Crippen LogP contribution < -0.4 is 4.74 Å². The van der Waals surface area contributed by atoms with E-state index in [-0.39, 0.29) is 12.3 Å². The van der Waals surface area contributed by atoms with Gasteiger partial charge < -0.3 is 4.74 Å². The van der Waals surface area contributed by atoms with Crippen LogP contribution in [0.25, 0.3) is 0 Å². The summed E-state index contributed by atoms with van der Waals surface area (Å²) in [4.78, 5) is 14.7. The maximum Gasteiger partial charge on any atom is 0.278 e. The molecule has 7 heteroatoms. The molecule has 0 atom stereocenters. The summed E-state index contributed by atoms with van der Waals surface area (Å²) in [5, 5.41) is 11.0. The van der Waals surface area contributed by atoms with E-state index in [1.54, 1.807) is 19.9 Å². The minimum Gasteiger partial charge on any atom is -0.487 e. The second-order valence-corrected chi connectivity index (χ2v) is 5.34. The average molecular weight is 355 g/mol. The van der Waals surface area contributed by atoms with Crippen molar-refractivity contribution in [2.45, 2.75) is 20.5 Å². The van der Waals surface area contributed by atoms with Crippen LogP contribution in [0.3, 0.4) is 0 Å². The van der Waals surface area contributed by atoms with Crippen LogP contribution >= 0.6 is 15.9 Å². The first-order valence-corrected chi connectivity index (χ1v) is 6.86. The summed E-state index contributed by atoms with van der Waals surface area (Å²) in [6.07, 6.45) is 1.44. The molecule has 2 rings (SSSR count). The van der Waals surface area contributed by atoms with E-state index in [9.17, 15) is 14.5 Å². The number of rotatable bonds is 4. The summed E-state index contributed by atoms with van der Waals surface area (Å²) >= 11 is 3.05. The Balaban J connectivity index is 2.22. The molecule has 0 N–H and O–H groups in total. The number of hydrogen-bond donors (Lipinski definition) is 0. The van der Waals surface area contributed by atoms with Crippen molar-refractivity contribution in [1.82, 2.24) is 4.98 Å².